The van der Waals surface area contributed by atoms with Gasteiger partial charge in [-0.2, -0.15) is 0 Å². The van der Waals surface area contributed by atoms with Crippen LogP contribution in [0.1, 0.15) is 22.3 Å². The van der Waals surface area contributed by atoms with Crippen LogP contribution in [0, 0.1) is 0 Å². The first kappa shape index (κ1) is 21.4. The minimum atomic E-state index is 1.19. The zero-order chi connectivity index (χ0) is 23.0. The van der Waals surface area contributed by atoms with Gasteiger partial charge in [0.25, 0.3) is 0 Å². The molecule has 162 valence electrons. The summed E-state index contributed by atoms with van der Waals surface area (Å²) >= 11 is 0. The fourth-order valence-electron chi connectivity index (χ4n) is 4.24. The van der Waals surface area contributed by atoms with E-state index in [-0.39, 0.29) is 0 Å². The summed E-state index contributed by atoms with van der Waals surface area (Å²) in [7, 11) is 0. The lowest BCUT2D eigenvalue weighted by Crippen LogP contribution is -1.93. The molecule has 5 aromatic rings. The number of hydrogen-bond acceptors (Lipinski definition) is 0. The van der Waals surface area contributed by atoms with E-state index in [0.717, 1.165) is 0 Å². The maximum atomic E-state index is 2.24. The average molecular weight is 435 g/mol. The summed E-state index contributed by atoms with van der Waals surface area (Å²) in [5.41, 5.74) is 9.69. The Hall–Kier alpha value is -4.42. The van der Waals surface area contributed by atoms with E-state index in [4.69, 9.17) is 0 Å². The van der Waals surface area contributed by atoms with Crippen LogP contribution in [0.3, 0.4) is 0 Å². The molecule has 0 saturated heterocycles. The van der Waals surface area contributed by atoms with Crippen LogP contribution < -0.4 is 0 Å². The fourth-order valence-corrected chi connectivity index (χ4v) is 4.24. The van der Waals surface area contributed by atoms with E-state index in [1.807, 2.05) is 12.1 Å². The monoisotopic (exact) mass is 434 g/mol. The zero-order valence-electron chi connectivity index (χ0n) is 19.0. The molecule has 34 heavy (non-hydrogen) atoms. The molecule has 0 heterocycles. The molecule has 0 fully saturated rings. The molecule has 5 rings (SSSR count). The summed E-state index contributed by atoms with van der Waals surface area (Å²) in [6.45, 7) is 0. The highest BCUT2D eigenvalue weighted by molar-refractivity contribution is 5.96. The third kappa shape index (κ3) is 4.98. The molecule has 0 heteroatoms. The van der Waals surface area contributed by atoms with E-state index >= 15 is 0 Å². The molecule has 0 radical (unpaired) electrons. The summed E-state index contributed by atoms with van der Waals surface area (Å²) in [6.07, 6.45) is 8.84. The van der Waals surface area contributed by atoms with Crippen LogP contribution in [0.15, 0.2) is 133 Å². The van der Waals surface area contributed by atoms with Crippen LogP contribution in [0.25, 0.3) is 46.6 Å². The second-order valence-corrected chi connectivity index (χ2v) is 8.21. The van der Waals surface area contributed by atoms with Crippen molar-refractivity contribution in [3.8, 4) is 22.3 Å². The number of hydrogen-bond donors (Lipinski definition) is 0. The van der Waals surface area contributed by atoms with Crippen molar-refractivity contribution in [2.24, 2.45) is 0 Å². The predicted octanol–water partition coefficient (Wildman–Crippen LogP) is 9.36. The van der Waals surface area contributed by atoms with E-state index in [2.05, 4.69) is 146 Å². The molecule has 0 N–H and O–H groups in total. The van der Waals surface area contributed by atoms with Gasteiger partial charge < -0.3 is 0 Å². The van der Waals surface area contributed by atoms with Gasteiger partial charge in [-0.25, -0.2) is 0 Å². The second kappa shape index (κ2) is 10.5. The van der Waals surface area contributed by atoms with E-state index in [1.165, 1.54) is 44.5 Å². The SMILES string of the molecule is C(=Cc1ccc(C=Cc2ccccc2)c(-c2ccccc2)c1-c1ccccc1)c1ccccc1. The molecule has 0 aliphatic rings. The topological polar surface area (TPSA) is 0 Å². The first-order valence-electron chi connectivity index (χ1n) is 11.6. The van der Waals surface area contributed by atoms with Gasteiger partial charge >= 0.3 is 0 Å². The molecule has 0 atom stereocenters. The van der Waals surface area contributed by atoms with Crippen LogP contribution in [-0.2, 0) is 0 Å². The summed E-state index contributed by atoms with van der Waals surface area (Å²) in [6, 6.07) is 46.8. The largest absolute Gasteiger partial charge is 0.0622 e. The highest BCUT2D eigenvalue weighted by Gasteiger charge is 2.14. The minimum Gasteiger partial charge on any atom is -0.0622 e. The molecule has 0 aliphatic carbocycles. The normalized spacial score (nSPS) is 11.3. The lowest BCUT2D eigenvalue weighted by Gasteiger charge is -2.17. The van der Waals surface area contributed by atoms with Crippen molar-refractivity contribution < 1.29 is 0 Å². The van der Waals surface area contributed by atoms with Crippen LogP contribution in [0.2, 0.25) is 0 Å². The lowest BCUT2D eigenvalue weighted by molar-refractivity contribution is 1.54. The molecule has 0 amide bonds. The third-order valence-electron chi connectivity index (χ3n) is 5.90. The maximum Gasteiger partial charge on any atom is -0.00268 e. The van der Waals surface area contributed by atoms with Gasteiger partial charge in [-0.05, 0) is 44.5 Å². The van der Waals surface area contributed by atoms with Gasteiger partial charge in [0.15, 0.2) is 0 Å². The standard InChI is InChI=1S/C34H26/c1-5-13-27(14-6-1)21-23-31-25-26-32(24-22-28-15-7-2-8-16-28)34(30-19-11-4-12-20-30)33(31)29-17-9-3-10-18-29/h1-26H. The molecule has 0 unspecified atom stereocenters. The summed E-state index contributed by atoms with van der Waals surface area (Å²) in [5, 5.41) is 0. The fraction of sp³-hybridized carbons (Fsp3) is 0. The maximum absolute atomic E-state index is 2.24. The Bertz CT molecular complexity index is 1280. The molecular weight excluding hydrogens is 408 g/mol. The lowest BCUT2D eigenvalue weighted by atomic mass is 9.86. The second-order valence-electron chi connectivity index (χ2n) is 8.21. The Morgan fingerprint density at radius 3 is 0.971 bits per heavy atom. The Morgan fingerprint density at radius 1 is 0.294 bits per heavy atom. The molecule has 0 aliphatic heterocycles. The van der Waals surface area contributed by atoms with Crippen molar-refractivity contribution in [2.75, 3.05) is 0 Å². The zero-order valence-corrected chi connectivity index (χ0v) is 19.0. The van der Waals surface area contributed by atoms with Crippen LogP contribution >= 0.6 is 0 Å². The molecular formula is C34H26. The van der Waals surface area contributed by atoms with Crippen molar-refractivity contribution in [1.82, 2.24) is 0 Å². The van der Waals surface area contributed by atoms with Crippen LogP contribution in [-0.4, -0.2) is 0 Å². The first-order chi connectivity index (χ1) is 16.9. The summed E-state index contributed by atoms with van der Waals surface area (Å²) in [5.74, 6) is 0. The Balaban J connectivity index is 1.72. The number of benzene rings is 5. The van der Waals surface area contributed by atoms with Crippen LogP contribution in [0.5, 0.6) is 0 Å². The Morgan fingerprint density at radius 2 is 0.618 bits per heavy atom. The van der Waals surface area contributed by atoms with Gasteiger partial charge in [-0.1, -0.05) is 158 Å². The predicted molar refractivity (Wildman–Crippen MR) is 148 cm³/mol. The quantitative estimate of drug-likeness (QED) is 0.234. The highest BCUT2D eigenvalue weighted by Crippen LogP contribution is 2.39. The molecule has 5 aromatic carbocycles. The van der Waals surface area contributed by atoms with Gasteiger partial charge in [0.1, 0.15) is 0 Å². The summed E-state index contributed by atoms with van der Waals surface area (Å²) in [4.78, 5) is 0. The average Bonchev–Trinajstić information content (AvgIpc) is 2.92. The molecule has 0 saturated carbocycles. The molecule has 0 spiro atoms. The van der Waals surface area contributed by atoms with Gasteiger partial charge in [0, 0.05) is 0 Å². The van der Waals surface area contributed by atoms with Crippen LogP contribution in [0.4, 0.5) is 0 Å². The van der Waals surface area contributed by atoms with Crippen molar-refractivity contribution in [1.29, 1.82) is 0 Å². The molecule has 0 aromatic heterocycles. The van der Waals surface area contributed by atoms with Crippen molar-refractivity contribution >= 4 is 24.3 Å². The van der Waals surface area contributed by atoms with Gasteiger partial charge in [-0.3, -0.25) is 0 Å². The van der Waals surface area contributed by atoms with Gasteiger partial charge in [-0.15, -0.1) is 0 Å². The van der Waals surface area contributed by atoms with Gasteiger partial charge in [0.05, 0.1) is 0 Å². The van der Waals surface area contributed by atoms with Crippen molar-refractivity contribution in [2.45, 2.75) is 0 Å². The number of rotatable bonds is 6. The van der Waals surface area contributed by atoms with E-state index in [0.29, 0.717) is 0 Å². The Kier molecular flexibility index (Phi) is 6.59. The van der Waals surface area contributed by atoms with Gasteiger partial charge in [0.2, 0.25) is 0 Å². The smallest absolute Gasteiger partial charge is 0.00268 e. The third-order valence-corrected chi connectivity index (χ3v) is 5.90. The minimum absolute atomic E-state index is 1.19. The van der Waals surface area contributed by atoms with Crippen molar-refractivity contribution in [3.63, 3.8) is 0 Å². The Labute approximate surface area is 202 Å². The van der Waals surface area contributed by atoms with Crippen molar-refractivity contribution in [3.05, 3.63) is 156 Å². The molecule has 0 bridgehead atoms. The highest BCUT2D eigenvalue weighted by atomic mass is 14.2. The molecule has 0 nitrogen and oxygen atoms in total. The van der Waals surface area contributed by atoms with E-state index in [1.54, 1.807) is 0 Å². The van der Waals surface area contributed by atoms with E-state index in [9.17, 15) is 0 Å². The van der Waals surface area contributed by atoms with E-state index < -0.39 is 0 Å². The first-order valence-corrected chi connectivity index (χ1v) is 11.6. The summed E-state index contributed by atoms with van der Waals surface area (Å²) < 4.78 is 0.